The lowest BCUT2D eigenvalue weighted by Gasteiger charge is -2.26. The SMILES string of the molecule is Cc1ccc(NC(=O)CN2CCn3nnc(-c4nc(-c5ccccc5)no4)c3C2=O)cc1. The normalized spacial score (nSPS) is 13.2. The number of benzene rings is 2. The molecule has 5 rings (SSSR count). The number of hydrogen-bond donors (Lipinski definition) is 1. The molecule has 0 atom stereocenters. The van der Waals surface area contributed by atoms with Gasteiger partial charge in [0.25, 0.3) is 11.8 Å². The van der Waals surface area contributed by atoms with Crippen LogP contribution in [-0.4, -0.2) is 54.9 Å². The van der Waals surface area contributed by atoms with Gasteiger partial charge in [0.1, 0.15) is 6.54 Å². The van der Waals surface area contributed by atoms with Gasteiger partial charge in [0.05, 0.1) is 6.54 Å². The van der Waals surface area contributed by atoms with E-state index in [-0.39, 0.29) is 35.6 Å². The summed E-state index contributed by atoms with van der Waals surface area (Å²) in [5.74, 6) is -0.159. The Morgan fingerprint density at radius 3 is 2.66 bits per heavy atom. The number of nitrogens with zero attached hydrogens (tertiary/aromatic N) is 6. The first kappa shape index (κ1) is 19.6. The molecular weight excluding hydrogens is 410 g/mol. The van der Waals surface area contributed by atoms with Gasteiger partial charge >= 0.3 is 0 Å². The smallest absolute Gasteiger partial charge is 0.281 e. The van der Waals surface area contributed by atoms with E-state index in [1.165, 1.54) is 9.58 Å². The molecule has 4 aromatic rings. The highest BCUT2D eigenvalue weighted by Gasteiger charge is 2.33. The van der Waals surface area contributed by atoms with Crippen LogP contribution in [0.1, 0.15) is 16.1 Å². The molecule has 0 unspecified atom stereocenters. The predicted molar refractivity (Wildman–Crippen MR) is 114 cm³/mol. The number of hydrogen-bond acceptors (Lipinski definition) is 7. The van der Waals surface area contributed by atoms with Crippen molar-refractivity contribution in [2.45, 2.75) is 13.5 Å². The maximum Gasteiger partial charge on any atom is 0.281 e. The second kappa shape index (κ2) is 8.06. The number of carbonyl (C=O) groups is 2. The number of rotatable bonds is 5. The molecule has 0 fully saturated rings. The van der Waals surface area contributed by atoms with Crippen LogP contribution < -0.4 is 5.32 Å². The Labute approximate surface area is 182 Å². The van der Waals surface area contributed by atoms with Crippen molar-refractivity contribution in [3.63, 3.8) is 0 Å². The van der Waals surface area contributed by atoms with Crippen LogP contribution in [0.3, 0.4) is 0 Å². The first-order valence-corrected chi connectivity index (χ1v) is 10.1. The van der Waals surface area contributed by atoms with Crippen molar-refractivity contribution >= 4 is 17.5 Å². The van der Waals surface area contributed by atoms with E-state index in [1.54, 1.807) is 0 Å². The average Bonchev–Trinajstić information content (AvgIpc) is 3.45. The molecule has 0 radical (unpaired) electrons. The van der Waals surface area contributed by atoms with E-state index in [1.807, 2.05) is 61.5 Å². The van der Waals surface area contributed by atoms with Gasteiger partial charge in [-0.2, -0.15) is 4.98 Å². The minimum atomic E-state index is -0.366. The third-order valence-electron chi connectivity index (χ3n) is 5.14. The maximum absolute atomic E-state index is 13.1. The van der Waals surface area contributed by atoms with Gasteiger partial charge in [0, 0.05) is 17.8 Å². The maximum atomic E-state index is 13.1. The lowest BCUT2D eigenvalue weighted by molar-refractivity contribution is -0.117. The zero-order chi connectivity index (χ0) is 22.1. The Balaban J connectivity index is 1.34. The minimum absolute atomic E-state index is 0.0869. The lowest BCUT2D eigenvalue weighted by Crippen LogP contribution is -2.44. The first-order valence-electron chi connectivity index (χ1n) is 10.1. The number of fused-ring (bicyclic) bond motifs is 1. The minimum Gasteiger partial charge on any atom is -0.332 e. The van der Waals surface area contributed by atoms with Crippen molar-refractivity contribution in [1.29, 1.82) is 0 Å². The standard InChI is InChI=1S/C22H19N7O3/c1-14-7-9-16(10-8-14)23-17(30)13-28-11-12-29-19(22(28)31)18(25-27-29)21-24-20(26-32-21)15-5-3-2-4-6-15/h2-10H,11-13H2,1H3,(H,23,30). The molecule has 0 saturated carbocycles. The van der Waals surface area contributed by atoms with E-state index in [9.17, 15) is 9.59 Å². The molecular formula is C22H19N7O3. The zero-order valence-corrected chi connectivity index (χ0v) is 17.2. The van der Waals surface area contributed by atoms with Crippen molar-refractivity contribution in [3.05, 3.63) is 65.9 Å². The number of carbonyl (C=O) groups excluding carboxylic acids is 2. The molecule has 0 saturated heterocycles. The van der Waals surface area contributed by atoms with Gasteiger partial charge in [-0.1, -0.05) is 58.4 Å². The molecule has 10 heteroatoms. The molecule has 160 valence electrons. The molecule has 2 amide bonds. The molecule has 0 bridgehead atoms. The fourth-order valence-electron chi connectivity index (χ4n) is 3.48. The summed E-state index contributed by atoms with van der Waals surface area (Å²) in [6.07, 6.45) is 0. The summed E-state index contributed by atoms with van der Waals surface area (Å²) in [6, 6.07) is 16.8. The fraction of sp³-hybridized carbons (Fsp3) is 0.182. The van der Waals surface area contributed by atoms with Gasteiger partial charge in [-0.15, -0.1) is 5.10 Å². The molecule has 1 N–H and O–H groups in total. The third kappa shape index (κ3) is 3.73. The number of amides is 2. The first-order chi connectivity index (χ1) is 15.6. The molecule has 32 heavy (non-hydrogen) atoms. The van der Waals surface area contributed by atoms with E-state index in [0.717, 1.165) is 11.1 Å². The lowest BCUT2D eigenvalue weighted by atomic mass is 10.2. The number of anilines is 1. The van der Waals surface area contributed by atoms with Gasteiger partial charge in [0.2, 0.25) is 11.7 Å². The van der Waals surface area contributed by atoms with Crippen LogP contribution in [-0.2, 0) is 11.3 Å². The van der Waals surface area contributed by atoms with E-state index in [2.05, 4.69) is 25.8 Å². The summed E-state index contributed by atoms with van der Waals surface area (Å²) in [4.78, 5) is 31.5. The summed E-state index contributed by atoms with van der Waals surface area (Å²) in [5, 5.41) is 14.9. The van der Waals surface area contributed by atoms with Crippen LogP contribution in [0.25, 0.3) is 23.0 Å². The fourth-order valence-corrected chi connectivity index (χ4v) is 3.48. The number of aromatic nitrogens is 5. The second-order valence-corrected chi connectivity index (χ2v) is 7.44. The number of aryl methyl sites for hydroxylation is 1. The van der Waals surface area contributed by atoms with Crippen LogP contribution in [0, 0.1) is 6.92 Å². The Bertz CT molecular complexity index is 1280. The van der Waals surface area contributed by atoms with Crippen molar-refractivity contribution in [2.75, 3.05) is 18.4 Å². The van der Waals surface area contributed by atoms with Gasteiger partial charge in [-0.3, -0.25) is 9.59 Å². The van der Waals surface area contributed by atoms with Gasteiger partial charge in [-0.25, -0.2) is 4.68 Å². The zero-order valence-electron chi connectivity index (χ0n) is 17.2. The summed E-state index contributed by atoms with van der Waals surface area (Å²) in [5.41, 5.74) is 2.98. The molecule has 0 spiro atoms. The Hall–Kier alpha value is -4.34. The van der Waals surface area contributed by atoms with Crippen LogP contribution in [0.5, 0.6) is 0 Å². The summed E-state index contributed by atoms with van der Waals surface area (Å²) >= 11 is 0. The molecule has 2 aromatic carbocycles. The third-order valence-corrected chi connectivity index (χ3v) is 5.14. The highest BCUT2D eigenvalue weighted by Crippen LogP contribution is 2.26. The average molecular weight is 429 g/mol. The van der Waals surface area contributed by atoms with E-state index < -0.39 is 0 Å². The topological polar surface area (TPSA) is 119 Å². The van der Waals surface area contributed by atoms with E-state index in [0.29, 0.717) is 24.6 Å². The molecule has 2 aromatic heterocycles. The van der Waals surface area contributed by atoms with Crippen molar-refractivity contribution in [1.82, 2.24) is 30.0 Å². The summed E-state index contributed by atoms with van der Waals surface area (Å²) in [7, 11) is 0. The highest BCUT2D eigenvalue weighted by atomic mass is 16.5. The van der Waals surface area contributed by atoms with Crippen molar-refractivity contribution in [2.24, 2.45) is 0 Å². The van der Waals surface area contributed by atoms with Crippen molar-refractivity contribution < 1.29 is 14.1 Å². The molecule has 10 nitrogen and oxygen atoms in total. The molecule has 1 aliphatic rings. The monoisotopic (exact) mass is 429 g/mol. The van der Waals surface area contributed by atoms with Crippen LogP contribution in [0.4, 0.5) is 5.69 Å². The quantitative estimate of drug-likeness (QED) is 0.517. The van der Waals surface area contributed by atoms with Gasteiger partial charge in [-0.05, 0) is 19.1 Å². The molecule has 3 heterocycles. The van der Waals surface area contributed by atoms with Gasteiger partial charge < -0.3 is 14.7 Å². The summed E-state index contributed by atoms with van der Waals surface area (Å²) in [6.45, 7) is 2.63. The number of nitrogens with one attached hydrogen (secondary N) is 1. The van der Waals surface area contributed by atoms with Crippen LogP contribution >= 0.6 is 0 Å². The molecule has 1 aliphatic heterocycles. The van der Waals surface area contributed by atoms with Crippen LogP contribution in [0.2, 0.25) is 0 Å². The largest absolute Gasteiger partial charge is 0.332 e. The van der Waals surface area contributed by atoms with Crippen LogP contribution in [0.15, 0.2) is 59.1 Å². The summed E-state index contributed by atoms with van der Waals surface area (Å²) < 4.78 is 6.85. The van der Waals surface area contributed by atoms with Gasteiger partial charge in [0.15, 0.2) is 11.4 Å². The Morgan fingerprint density at radius 1 is 1.09 bits per heavy atom. The van der Waals surface area contributed by atoms with E-state index >= 15 is 0 Å². The highest BCUT2D eigenvalue weighted by molar-refractivity contribution is 6.01. The van der Waals surface area contributed by atoms with Crippen molar-refractivity contribution in [3.8, 4) is 23.0 Å². The predicted octanol–water partition coefficient (Wildman–Crippen LogP) is 2.40. The Kier molecular flexibility index (Phi) is 4.94. The van der Waals surface area contributed by atoms with E-state index in [4.69, 9.17) is 4.52 Å². The molecule has 0 aliphatic carbocycles. The Morgan fingerprint density at radius 2 is 1.88 bits per heavy atom. The second-order valence-electron chi connectivity index (χ2n) is 7.44.